The standard InChI is InChI=1S/C17H30N2O/c1-13(2)8-18-9-15-7-17(20-12-15)11-19(10-14(3)4)16-5-6-16/h7,12-14,16,18H,5-6,8-11H2,1-4H3. The van der Waals surface area contributed by atoms with Crippen LogP contribution in [-0.4, -0.2) is 24.0 Å². The number of hydrogen-bond donors (Lipinski definition) is 1. The largest absolute Gasteiger partial charge is 0.468 e. The molecule has 114 valence electrons. The van der Waals surface area contributed by atoms with Crippen molar-refractivity contribution >= 4 is 0 Å². The molecule has 1 aliphatic rings. The average Bonchev–Trinajstić information content (AvgIpc) is 3.10. The molecule has 20 heavy (non-hydrogen) atoms. The number of rotatable bonds is 9. The first-order chi connectivity index (χ1) is 9.54. The fourth-order valence-electron chi connectivity index (χ4n) is 2.56. The van der Waals surface area contributed by atoms with Crippen molar-refractivity contribution < 1.29 is 4.42 Å². The second-order valence-electron chi connectivity index (χ2n) is 7.00. The third-order valence-corrected chi connectivity index (χ3v) is 3.61. The van der Waals surface area contributed by atoms with Gasteiger partial charge < -0.3 is 9.73 Å². The van der Waals surface area contributed by atoms with Gasteiger partial charge in [0.15, 0.2) is 0 Å². The molecular weight excluding hydrogens is 248 g/mol. The Kier molecular flexibility index (Phi) is 5.67. The van der Waals surface area contributed by atoms with Crippen molar-refractivity contribution in [2.75, 3.05) is 13.1 Å². The van der Waals surface area contributed by atoms with Crippen LogP contribution in [0.15, 0.2) is 16.7 Å². The van der Waals surface area contributed by atoms with Gasteiger partial charge in [0.05, 0.1) is 12.8 Å². The molecule has 0 radical (unpaired) electrons. The van der Waals surface area contributed by atoms with Crippen LogP contribution in [0.5, 0.6) is 0 Å². The van der Waals surface area contributed by atoms with E-state index in [4.69, 9.17) is 4.42 Å². The molecular formula is C17H30N2O. The summed E-state index contributed by atoms with van der Waals surface area (Å²) in [5, 5.41) is 3.46. The van der Waals surface area contributed by atoms with E-state index in [0.717, 1.165) is 37.4 Å². The molecule has 1 N–H and O–H groups in total. The highest BCUT2D eigenvalue weighted by Gasteiger charge is 2.29. The summed E-state index contributed by atoms with van der Waals surface area (Å²) < 4.78 is 5.73. The summed E-state index contributed by atoms with van der Waals surface area (Å²) in [7, 11) is 0. The van der Waals surface area contributed by atoms with Gasteiger partial charge in [-0.2, -0.15) is 0 Å². The van der Waals surface area contributed by atoms with Gasteiger partial charge in [-0.05, 0) is 37.3 Å². The predicted molar refractivity (Wildman–Crippen MR) is 83.5 cm³/mol. The first-order valence-electron chi connectivity index (χ1n) is 8.05. The van der Waals surface area contributed by atoms with E-state index in [1.54, 1.807) is 0 Å². The zero-order valence-corrected chi connectivity index (χ0v) is 13.5. The Morgan fingerprint density at radius 1 is 1.25 bits per heavy atom. The fourth-order valence-corrected chi connectivity index (χ4v) is 2.56. The van der Waals surface area contributed by atoms with Crippen molar-refractivity contribution in [3.8, 4) is 0 Å². The zero-order chi connectivity index (χ0) is 14.5. The molecule has 0 atom stereocenters. The van der Waals surface area contributed by atoms with Gasteiger partial charge >= 0.3 is 0 Å². The Morgan fingerprint density at radius 2 is 2.00 bits per heavy atom. The van der Waals surface area contributed by atoms with Crippen LogP contribution in [0.3, 0.4) is 0 Å². The molecule has 1 heterocycles. The van der Waals surface area contributed by atoms with E-state index in [1.807, 2.05) is 6.26 Å². The van der Waals surface area contributed by atoms with Gasteiger partial charge in [0.1, 0.15) is 5.76 Å². The number of nitrogens with zero attached hydrogens (tertiary/aromatic N) is 1. The summed E-state index contributed by atoms with van der Waals surface area (Å²) in [5.41, 5.74) is 1.26. The Labute approximate surface area is 123 Å². The molecule has 3 heteroatoms. The van der Waals surface area contributed by atoms with Crippen LogP contribution in [0.2, 0.25) is 0 Å². The van der Waals surface area contributed by atoms with Crippen molar-refractivity contribution in [1.29, 1.82) is 0 Å². The molecule has 3 nitrogen and oxygen atoms in total. The molecule has 0 saturated heterocycles. The van der Waals surface area contributed by atoms with Gasteiger partial charge in [0.2, 0.25) is 0 Å². The van der Waals surface area contributed by atoms with Gasteiger partial charge in [0.25, 0.3) is 0 Å². The lowest BCUT2D eigenvalue weighted by Crippen LogP contribution is -2.29. The SMILES string of the molecule is CC(C)CNCc1coc(CN(CC(C)C)C2CC2)c1. The summed E-state index contributed by atoms with van der Waals surface area (Å²) in [6.45, 7) is 13.1. The highest BCUT2D eigenvalue weighted by Crippen LogP contribution is 2.29. The highest BCUT2D eigenvalue weighted by atomic mass is 16.3. The lowest BCUT2D eigenvalue weighted by atomic mass is 10.2. The lowest BCUT2D eigenvalue weighted by molar-refractivity contribution is 0.209. The highest BCUT2D eigenvalue weighted by molar-refractivity contribution is 5.13. The van der Waals surface area contributed by atoms with Crippen LogP contribution in [0.4, 0.5) is 0 Å². The molecule has 0 bridgehead atoms. The summed E-state index contributed by atoms with van der Waals surface area (Å²) in [5.74, 6) is 2.52. The average molecular weight is 278 g/mol. The number of furan rings is 1. The van der Waals surface area contributed by atoms with Crippen LogP contribution in [-0.2, 0) is 13.1 Å². The van der Waals surface area contributed by atoms with Crippen LogP contribution >= 0.6 is 0 Å². The molecule has 0 unspecified atom stereocenters. The van der Waals surface area contributed by atoms with E-state index >= 15 is 0 Å². The van der Waals surface area contributed by atoms with E-state index in [9.17, 15) is 0 Å². The molecule has 0 aliphatic heterocycles. The maximum Gasteiger partial charge on any atom is 0.118 e. The Hall–Kier alpha value is -0.800. The molecule has 0 amide bonds. The second kappa shape index (κ2) is 7.28. The molecule has 0 spiro atoms. The first-order valence-corrected chi connectivity index (χ1v) is 8.05. The van der Waals surface area contributed by atoms with Crippen molar-refractivity contribution in [3.63, 3.8) is 0 Å². The third kappa shape index (κ3) is 5.29. The Morgan fingerprint density at radius 3 is 2.60 bits per heavy atom. The zero-order valence-electron chi connectivity index (χ0n) is 13.5. The molecule has 1 saturated carbocycles. The molecule has 1 aromatic heterocycles. The van der Waals surface area contributed by atoms with Crippen LogP contribution in [0.25, 0.3) is 0 Å². The monoisotopic (exact) mass is 278 g/mol. The van der Waals surface area contributed by atoms with Crippen molar-refractivity contribution in [2.45, 2.75) is 59.7 Å². The normalized spacial score (nSPS) is 15.8. The van der Waals surface area contributed by atoms with E-state index in [1.165, 1.54) is 24.9 Å². The minimum absolute atomic E-state index is 0.692. The van der Waals surface area contributed by atoms with Crippen molar-refractivity contribution in [3.05, 3.63) is 23.7 Å². The second-order valence-corrected chi connectivity index (χ2v) is 7.00. The van der Waals surface area contributed by atoms with E-state index < -0.39 is 0 Å². The van der Waals surface area contributed by atoms with Crippen LogP contribution < -0.4 is 5.32 Å². The minimum Gasteiger partial charge on any atom is -0.468 e. The van der Waals surface area contributed by atoms with E-state index in [-0.39, 0.29) is 0 Å². The third-order valence-electron chi connectivity index (χ3n) is 3.61. The summed E-state index contributed by atoms with van der Waals surface area (Å²) >= 11 is 0. The maximum atomic E-state index is 5.73. The summed E-state index contributed by atoms with van der Waals surface area (Å²) in [6, 6.07) is 3.01. The molecule has 1 fully saturated rings. The van der Waals surface area contributed by atoms with Crippen molar-refractivity contribution in [1.82, 2.24) is 10.2 Å². The first kappa shape index (κ1) is 15.6. The van der Waals surface area contributed by atoms with Crippen LogP contribution in [0.1, 0.15) is 51.9 Å². The number of hydrogen-bond acceptors (Lipinski definition) is 3. The Bertz CT molecular complexity index is 393. The van der Waals surface area contributed by atoms with Gasteiger partial charge in [0, 0.05) is 24.7 Å². The topological polar surface area (TPSA) is 28.4 Å². The number of nitrogens with one attached hydrogen (secondary N) is 1. The van der Waals surface area contributed by atoms with Crippen LogP contribution in [0, 0.1) is 11.8 Å². The molecule has 2 rings (SSSR count). The fraction of sp³-hybridized carbons (Fsp3) is 0.765. The van der Waals surface area contributed by atoms with Gasteiger partial charge in [-0.25, -0.2) is 0 Å². The Balaban J connectivity index is 1.81. The van der Waals surface area contributed by atoms with Gasteiger partial charge in [-0.15, -0.1) is 0 Å². The smallest absolute Gasteiger partial charge is 0.118 e. The van der Waals surface area contributed by atoms with E-state index in [0.29, 0.717) is 5.92 Å². The minimum atomic E-state index is 0.692. The van der Waals surface area contributed by atoms with Gasteiger partial charge in [-0.3, -0.25) is 4.90 Å². The van der Waals surface area contributed by atoms with E-state index in [2.05, 4.69) is 44.0 Å². The molecule has 1 aliphatic carbocycles. The summed E-state index contributed by atoms with van der Waals surface area (Å²) in [6.07, 6.45) is 4.62. The molecule has 1 aromatic rings. The quantitative estimate of drug-likeness (QED) is 0.747. The maximum absolute atomic E-state index is 5.73. The lowest BCUT2D eigenvalue weighted by Gasteiger charge is -2.22. The summed E-state index contributed by atoms with van der Waals surface area (Å²) in [4.78, 5) is 2.58. The van der Waals surface area contributed by atoms with Gasteiger partial charge in [-0.1, -0.05) is 27.7 Å². The molecule has 0 aromatic carbocycles. The van der Waals surface area contributed by atoms with Crippen molar-refractivity contribution in [2.24, 2.45) is 11.8 Å². The predicted octanol–water partition coefficient (Wildman–Crippen LogP) is 3.65.